The van der Waals surface area contributed by atoms with Crippen molar-refractivity contribution in [1.29, 1.82) is 0 Å². The van der Waals surface area contributed by atoms with Gasteiger partial charge in [0, 0.05) is 23.0 Å². The van der Waals surface area contributed by atoms with E-state index in [0.29, 0.717) is 0 Å². The molecule has 5 N–H and O–H groups in total. The summed E-state index contributed by atoms with van der Waals surface area (Å²) in [6.45, 7) is 0. The van der Waals surface area contributed by atoms with Crippen LogP contribution in [0.1, 0.15) is 25.6 Å². The quantitative estimate of drug-likeness (QED) is 0.331. The highest BCUT2D eigenvalue weighted by atomic mass is 32.1. The normalized spacial score (nSPS) is 11.1. The van der Waals surface area contributed by atoms with E-state index in [-0.39, 0.29) is 32.7 Å². The Morgan fingerprint density at radius 1 is 0.973 bits per heavy atom. The molecule has 9 nitrogen and oxygen atoms in total. The van der Waals surface area contributed by atoms with Crippen molar-refractivity contribution in [2.45, 2.75) is 12.4 Å². The lowest BCUT2D eigenvalue weighted by Gasteiger charge is -2.12. The third-order valence-electron chi connectivity index (χ3n) is 4.10. The van der Waals surface area contributed by atoms with Crippen molar-refractivity contribution in [3.63, 3.8) is 0 Å². The molecule has 0 radical (unpaired) electrons. The first-order chi connectivity index (χ1) is 17.1. The number of nitrogens with zero attached hydrogens (tertiary/aromatic N) is 1. The van der Waals surface area contributed by atoms with E-state index < -0.39 is 35.7 Å². The van der Waals surface area contributed by atoms with E-state index in [2.05, 4.69) is 15.6 Å². The third-order valence-corrected chi connectivity index (χ3v) is 4.93. The van der Waals surface area contributed by atoms with Gasteiger partial charge in [0.05, 0.1) is 18.9 Å². The molecule has 0 unspecified atom stereocenters. The van der Waals surface area contributed by atoms with Crippen LogP contribution in [0.3, 0.4) is 0 Å². The predicted octanol–water partition coefficient (Wildman–Crippen LogP) is 4.89. The molecule has 0 aliphatic rings. The molecule has 0 aliphatic heterocycles. The Morgan fingerprint density at radius 2 is 1.59 bits per heavy atom. The van der Waals surface area contributed by atoms with Crippen LogP contribution in [0, 0.1) is 0 Å². The van der Waals surface area contributed by atoms with Crippen LogP contribution in [0.25, 0.3) is 0 Å². The smallest absolute Gasteiger partial charge is 0.490 e. The van der Waals surface area contributed by atoms with Gasteiger partial charge in [0.1, 0.15) is 10.6 Å². The van der Waals surface area contributed by atoms with Gasteiger partial charge in [0.15, 0.2) is 5.13 Å². The summed E-state index contributed by atoms with van der Waals surface area (Å²) in [6.07, 6.45) is -8.30. The summed E-state index contributed by atoms with van der Waals surface area (Å²) in [7, 11) is 1.37. The minimum Gasteiger partial charge on any atom is -0.497 e. The Kier molecular flexibility index (Phi) is 9.06. The van der Waals surface area contributed by atoms with Gasteiger partial charge in [-0.05, 0) is 30.3 Å². The number of hydrogen-bond acceptors (Lipinski definition) is 7. The van der Waals surface area contributed by atoms with Crippen LogP contribution < -0.4 is 21.1 Å². The van der Waals surface area contributed by atoms with Gasteiger partial charge < -0.3 is 26.2 Å². The summed E-state index contributed by atoms with van der Waals surface area (Å²) in [5.41, 5.74) is 4.93. The molecule has 0 atom stereocenters. The topological polar surface area (TPSA) is 144 Å². The second-order valence-corrected chi connectivity index (χ2v) is 7.86. The largest absolute Gasteiger partial charge is 0.497 e. The SMILES string of the molecule is COc1cc(NC(=O)c2cnc(N)s2)cc(C(=O)Nc2cccc(C(F)(F)F)c2)c1.O=C(O)C(F)(F)F. The summed E-state index contributed by atoms with van der Waals surface area (Å²) in [4.78, 5) is 37.8. The molecule has 0 spiro atoms. The van der Waals surface area contributed by atoms with Crippen LogP contribution in [0.4, 0.5) is 42.8 Å². The van der Waals surface area contributed by atoms with Gasteiger partial charge in [-0.3, -0.25) is 9.59 Å². The number of carboxylic acids is 1. The van der Waals surface area contributed by atoms with E-state index >= 15 is 0 Å². The van der Waals surface area contributed by atoms with Crippen LogP contribution in [0.2, 0.25) is 0 Å². The van der Waals surface area contributed by atoms with Crippen LogP contribution in [0.15, 0.2) is 48.7 Å². The van der Waals surface area contributed by atoms with Crippen molar-refractivity contribution in [2.75, 3.05) is 23.5 Å². The molecular formula is C21H16F6N4O5S. The van der Waals surface area contributed by atoms with E-state index in [1.54, 1.807) is 0 Å². The number of thiazole rings is 1. The van der Waals surface area contributed by atoms with E-state index in [1.807, 2.05) is 0 Å². The maximum absolute atomic E-state index is 12.9. The summed E-state index contributed by atoms with van der Waals surface area (Å²) in [5, 5.41) is 12.4. The fourth-order valence-corrected chi connectivity index (χ4v) is 3.06. The van der Waals surface area contributed by atoms with E-state index in [4.69, 9.17) is 20.4 Å². The predicted molar refractivity (Wildman–Crippen MR) is 121 cm³/mol. The van der Waals surface area contributed by atoms with Crippen LogP contribution in [-0.2, 0) is 11.0 Å². The maximum atomic E-state index is 12.9. The number of aromatic nitrogens is 1. The molecule has 1 aromatic heterocycles. The fraction of sp³-hybridized carbons (Fsp3) is 0.143. The molecule has 1 heterocycles. The molecule has 0 saturated carbocycles. The van der Waals surface area contributed by atoms with Crippen molar-refractivity contribution in [1.82, 2.24) is 4.98 Å². The molecule has 0 fully saturated rings. The maximum Gasteiger partial charge on any atom is 0.490 e. The number of alkyl halides is 6. The van der Waals surface area contributed by atoms with Crippen LogP contribution in [0.5, 0.6) is 5.75 Å². The molecule has 3 rings (SSSR count). The van der Waals surface area contributed by atoms with Crippen molar-refractivity contribution in [3.05, 3.63) is 64.7 Å². The standard InChI is InChI=1S/C19H15F3N4O3S.C2HF3O2/c1-29-14-6-10(5-13(8-14)26-17(28)15-9-24-18(23)30-15)16(27)25-12-4-2-3-11(7-12)19(20,21)22;3-2(4,5)1(6)7/h2-9H,1H3,(H2,23,24)(H,25,27)(H,26,28);(H,6,7). The minimum absolute atomic E-state index is 0.0247. The van der Waals surface area contributed by atoms with E-state index in [9.17, 15) is 35.9 Å². The summed E-state index contributed by atoms with van der Waals surface area (Å²) < 4.78 is 75.5. The monoisotopic (exact) mass is 550 g/mol. The van der Waals surface area contributed by atoms with Crippen molar-refractivity contribution in [2.24, 2.45) is 0 Å². The third kappa shape index (κ3) is 8.68. The molecular weight excluding hydrogens is 534 g/mol. The zero-order chi connectivity index (χ0) is 28.0. The van der Waals surface area contributed by atoms with Gasteiger partial charge in [-0.1, -0.05) is 17.4 Å². The number of methoxy groups -OCH3 is 1. The van der Waals surface area contributed by atoms with Gasteiger partial charge in [-0.2, -0.15) is 26.3 Å². The highest BCUT2D eigenvalue weighted by Gasteiger charge is 2.38. The molecule has 0 saturated heterocycles. The van der Waals surface area contributed by atoms with Crippen molar-refractivity contribution >= 4 is 45.6 Å². The van der Waals surface area contributed by atoms with Gasteiger partial charge in [-0.25, -0.2) is 9.78 Å². The Balaban J connectivity index is 0.000000604. The molecule has 0 bridgehead atoms. The number of carbonyl (C=O) groups excluding carboxylic acids is 2. The average molecular weight is 550 g/mol. The molecule has 198 valence electrons. The Bertz CT molecular complexity index is 1290. The number of rotatable bonds is 5. The number of aliphatic carboxylic acids is 1. The molecule has 3 aromatic rings. The summed E-state index contributed by atoms with van der Waals surface area (Å²) in [6, 6.07) is 8.51. The number of benzene rings is 2. The Morgan fingerprint density at radius 3 is 2.11 bits per heavy atom. The van der Waals surface area contributed by atoms with Gasteiger partial charge in [0.25, 0.3) is 11.8 Å². The second-order valence-electron chi connectivity index (χ2n) is 6.80. The van der Waals surface area contributed by atoms with Gasteiger partial charge >= 0.3 is 18.3 Å². The number of ether oxygens (including phenoxy) is 1. The molecule has 16 heteroatoms. The Labute approximate surface area is 207 Å². The first-order valence-corrected chi connectivity index (χ1v) is 10.4. The fourth-order valence-electron chi connectivity index (χ4n) is 2.48. The van der Waals surface area contributed by atoms with Gasteiger partial charge in [-0.15, -0.1) is 0 Å². The molecule has 2 amide bonds. The first kappa shape index (κ1) is 28.9. The number of carbonyl (C=O) groups is 3. The number of hydrogen-bond donors (Lipinski definition) is 4. The number of anilines is 3. The summed E-state index contributed by atoms with van der Waals surface area (Å²) in [5.74, 6) is -3.65. The van der Waals surface area contributed by atoms with Crippen LogP contribution >= 0.6 is 11.3 Å². The van der Waals surface area contributed by atoms with Gasteiger partial charge in [0.2, 0.25) is 0 Å². The lowest BCUT2D eigenvalue weighted by atomic mass is 10.1. The average Bonchev–Trinajstić information content (AvgIpc) is 3.24. The minimum atomic E-state index is -5.08. The van der Waals surface area contributed by atoms with E-state index in [0.717, 1.165) is 23.5 Å². The number of nitrogens with one attached hydrogen (secondary N) is 2. The number of nitrogens with two attached hydrogens (primary N) is 1. The highest BCUT2D eigenvalue weighted by molar-refractivity contribution is 7.17. The second kappa shape index (κ2) is 11.6. The molecule has 37 heavy (non-hydrogen) atoms. The first-order valence-electron chi connectivity index (χ1n) is 9.60. The Hall–Kier alpha value is -4.34. The number of amides is 2. The molecule has 0 aliphatic carbocycles. The zero-order valence-electron chi connectivity index (χ0n) is 18.4. The van der Waals surface area contributed by atoms with Crippen molar-refractivity contribution < 1.29 is 50.6 Å². The number of nitrogen functional groups attached to an aromatic ring is 1. The number of carboxylic acid groups (broad SMARTS) is 1. The highest BCUT2D eigenvalue weighted by Crippen LogP contribution is 2.31. The zero-order valence-corrected chi connectivity index (χ0v) is 19.2. The molecule has 2 aromatic carbocycles. The van der Waals surface area contributed by atoms with E-state index in [1.165, 1.54) is 43.6 Å². The lowest BCUT2D eigenvalue weighted by molar-refractivity contribution is -0.192. The number of halogens is 6. The lowest BCUT2D eigenvalue weighted by Crippen LogP contribution is -2.21. The van der Waals surface area contributed by atoms with Crippen molar-refractivity contribution in [3.8, 4) is 5.75 Å². The summed E-state index contributed by atoms with van der Waals surface area (Å²) >= 11 is 0.993. The van der Waals surface area contributed by atoms with Crippen LogP contribution in [-0.4, -0.2) is 41.2 Å².